The van der Waals surface area contributed by atoms with Crippen molar-refractivity contribution in [2.24, 2.45) is 11.8 Å². The molecule has 0 bridgehead atoms. The summed E-state index contributed by atoms with van der Waals surface area (Å²) in [6, 6.07) is 70.8. The van der Waals surface area contributed by atoms with E-state index in [0.29, 0.717) is 0 Å². The van der Waals surface area contributed by atoms with Crippen LogP contribution in [0.1, 0.15) is 18.4 Å². The van der Waals surface area contributed by atoms with Gasteiger partial charge in [-0.3, -0.25) is 0 Å². The number of fused-ring (bicyclic) bond motifs is 1. The molecule has 0 heterocycles. The molecule has 70 heavy (non-hydrogen) atoms. The number of benzene rings is 8. The molecule has 0 saturated heterocycles. The van der Waals surface area contributed by atoms with Gasteiger partial charge in [-0.2, -0.15) is 0 Å². The Balaban J connectivity index is 1.13. The van der Waals surface area contributed by atoms with Crippen LogP contribution in [0, 0.1) is 11.8 Å². The molecule has 0 radical (unpaired) electrons. The summed E-state index contributed by atoms with van der Waals surface area (Å²) in [7, 11) is 0. The van der Waals surface area contributed by atoms with E-state index in [4.69, 9.17) is 0 Å². The first-order valence-corrected chi connectivity index (χ1v) is 24.0. The summed E-state index contributed by atoms with van der Waals surface area (Å²) in [5, 5.41) is 4.74. The third-order valence-corrected chi connectivity index (χ3v) is 12.5. The molecule has 0 saturated carbocycles. The molecule has 2 atom stereocenters. The number of hydrogen-bond acceptors (Lipinski definition) is 2. The first-order valence-electron chi connectivity index (χ1n) is 24.0. The highest BCUT2D eigenvalue weighted by Gasteiger charge is 2.15. The monoisotopic (exact) mass is 904 g/mol. The summed E-state index contributed by atoms with van der Waals surface area (Å²) in [6.45, 7) is 21.0. The molecule has 2 nitrogen and oxygen atoms in total. The molecule has 0 aliphatic heterocycles. The minimum Gasteiger partial charge on any atom is -0.318 e. The summed E-state index contributed by atoms with van der Waals surface area (Å²) >= 11 is 0. The smallest absolute Gasteiger partial charge is 0.0462 e. The second kappa shape index (κ2) is 23.8. The fourth-order valence-corrected chi connectivity index (χ4v) is 8.78. The molecule has 0 aliphatic rings. The highest BCUT2D eigenvalue weighted by molar-refractivity contribution is 5.97. The van der Waals surface area contributed by atoms with E-state index >= 15 is 0 Å². The normalized spacial score (nSPS) is 13.0. The lowest BCUT2D eigenvalue weighted by molar-refractivity contribution is 0.838. The maximum absolute atomic E-state index is 4.68. The first-order chi connectivity index (χ1) is 34.5. The van der Waals surface area contributed by atoms with Crippen LogP contribution in [-0.4, -0.2) is 0 Å². The van der Waals surface area contributed by atoms with Gasteiger partial charge in [-0.1, -0.05) is 220 Å². The van der Waals surface area contributed by atoms with Gasteiger partial charge in [0.25, 0.3) is 0 Å². The maximum atomic E-state index is 4.68. The highest BCUT2D eigenvalue weighted by atomic mass is 15.1. The number of nitrogens with zero attached hydrogens (tertiary/aromatic N) is 2. The molecule has 8 aromatic carbocycles. The minimum atomic E-state index is 0.0907. The van der Waals surface area contributed by atoms with Gasteiger partial charge in [0.05, 0.1) is 0 Å². The van der Waals surface area contributed by atoms with Gasteiger partial charge in [-0.25, -0.2) is 0 Å². The zero-order valence-electron chi connectivity index (χ0n) is 39.9. The Hall–Kier alpha value is -8.72. The van der Waals surface area contributed by atoms with Crippen molar-refractivity contribution in [2.45, 2.75) is 12.8 Å². The third kappa shape index (κ3) is 11.9. The Kier molecular flexibility index (Phi) is 16.3. The molecule has 0 aliphatic carbocycles. The Morgan fingerprint density at radius 2 is 1.06 bits per heavy atom. The van der Waals surface area contributed by atoms with Crippen molar-refractivity contribution >= 4 is 51.2 Å². The molecule has 0 amide bonds. The molecule has 342 valence electrons. The van der Waals surface area contributed by atoms with Crippen molar-refractivity contribution in [1.29, 1.82) is 0 Å². The van der Waals surface area contributed by atoms with Gasteiger partial charge in [0.15, 0.2) is 0 Å². The molecular formula is C68H60N2. The zero-order chi connectivity index (χ0) is 48.5. The van der Waals surface area contributed by atoms with E-state index in [1.165, 1.54) is 27.5 Å². The molecule has 0 N–H and O–H groups in total. The Bertz CT molecular complexity index is 3270. The number of anilines is 4. The summed E-state index contributed by atoms with van der Waals surface area (Å²) in [5.41, 5.74) is 11.9. The van der Waals surface area contributed by atoms with Crippen molar-refractivity contribution in [3.05, 3.63) is 310 Å². The van der Waals surface area contributed by atoms with E-state index in [2.05, 4.69) is 279 Å². The quantitative estimate of drug-likeness (QED) is 0.0555. The summed E-state index contributed by atoms with van der Waals surface area (Å²) in [4.78, 5) is 4.46. The van der Waals surface area contributed by atoms with Gasteiger partial charge in [0.2, 0.25) is 0 Å². The lowest BCUT2D eigenvalue weighted by atomic mass is 9.96. The minimum absolute atomic E-state index is 0.0907. The predicted octanol–water partition coefficient (Wildman–Crippen LogP) is 17.1. The van der Waals surface area contributed by atoms with E-state index in [1.807, 2.05) is 30.4 Å². The van der Waals surface area contributed by atoms with E-state index in [-0.39, 0.29) is 11.8 Å². The van der Waals surface area contributed by atoms with Crippen molar-refractivity contribution in [2.75, 3.05) is 9.80 Å². The van der Waals surface area contributed by atoms with Crippen LogP contribution >= 0.6 is 0 Å². The molecule has 2 unspecified atom stereocenters. The third-order valence-electron chi connectivity index (χ3n) is 12.5. The Morgan fingerprint density at radius 1 is 0.486 bits per heavy atom. The molecule has 2 heteroatoms. The summed E-state index contributed by atoms with van der Waals surface area (Å²) in [6.07, 6.45) is 24.5. The van der Waals surface area contributed by atoms with Gasteiger partial charge >= 0.3 is 0 Å². The highest BCUT2D eigenvalue weighted by Crippen LogP contribution is 2.37. The lowest BCUT2D eigenvalue weighted by Gasteiger charge is -2.26. The predicted molar refractivity (Wildman–Crippen MR) is 305 cm³/mol. The number of para-hydroxylation sites is 1. The second-order valence-electron chi connectivity index (χ2n) is 17.2. The van der Waals surface area contributed by atoms with Gasteiger partial charge in [-0.15, -0.1) is 19.7 Å². The number of rotatable bonds is 20. The van der Waals surface area contributed by atoms with Crippen molar-refractivity contribution < 1.29 is 0 Å². The van der Waals surface area contributed by atoms with E-state index in [1.54, 1.807) is 0 Å². The van der Waals surface area contributed by atoms with Crippen LogP contribution in [0.25, 0.3) is 50.8 Å². The largest absolute Gasteiger partial charge is 0.318 e. The summed E-state index contributed by atoms with van der Waals surface area (Å²) < 4.78 is 0. The van der Waals surface area contributed by atoms with Gasteiger partial charge in [0.1, 0.15) is 0 Å². The van der Waals surface area contributed by atoms with Crippen LogP contribution in [0.3, 0.4) is 0 Å². The number of hydrogen-bond donors (Lipinski definition) is 0. The molecule has 0 aromatic heterocycles. The van der Waals surface area contributed by atoms with Crippen LogP contribution in [0.5, 0.6) is 0 Å². The van der Waals surface area contributed by atoms with E-state index in [0.717, 1.165) is 68.4 Å². The SMILES string of the molecule is C=C/C=c1/cccc/c1=C\C(C=C)C/C=C/N(C(=C)/C=C\C(=C\C(C=C)CC=C)c1ccc(N(c2ccccc2)c2ccc(-c3ccccc3)cc2)cc1)c1ccc(-c2cccc3ccccc23)cc1. The van der Waals surface area contributed by atoms with E-state index in [9.17, 15) is 0 Å². The van der Waals surface area contributed by atoms with Crippen LogP contribution in [0.4, 0.5) is 22.7 Å². The van der Waals surface area contributed by atoms with Gasteiger partial charge < -0.3 is 9.80 Å². The van der Waals surface area contributed by atoms with Gasteiger partial charge in [0, 0.05) is 34.6 Å². The van der Waals surface area contributed by atoms with E-state index < -0.39 is 0 Å². The maximum Gasteiger partial charge on any atom is 0.0462 e. The van der Waals surface area contributed by atoms with Crippen LogP contribution in [-0.2, 0) is 0 Å². The fourth-order valence-electron chi connectivity index (χ4n) is 8.78. The molecule has 8 rings (SSSR count). The van der Waals surface area contributed by atoms with Crippen molar-refractivity contribution in [1.82, 2.24) is 0 Å². The number of allylic oxidation sites excluding steroid dienone is 9. The van der Waals surface area contributed by atoms with Crippen molar-refractivity contribution in [3.8, 4) is 22.3 Å². The average Bonchev–Trinajstić information content (AvgIpc) is 3.42. The zero-order valence-corrected chi connectivity index (χ0v) is 39.9. The van der Waals surface area contributed by atoms with Crippen LogP contribution in [0.2, 0.25) is 0 Å². The molecule has 8 aromatic rings. The fraction of sp³-hybridized carbons (Fsp3) is 0.0588. The van der Waals surface area contributed by atoms with Gasteiger partial charge in [-0.05, 0) is 134 Å². The van der Waals surface area contributed by atoms with Crippen LogP contribution in [0.15, 0.2) is 294 Å². The Labute approximate surface area is 415 Å². The topological polar surface area (TPSA) is 6.48 Å². The molecular weight excluding hydrogens is 845 g/mol. The molecule has 0 fully saturated rings. The second-order valence-corrected chi connectivity index (χ2v) is 17.2. The lowest BCUT2D eigenvalue weighted by Crippen LogP contribution is -2.24. The standard InChI is InChI=1S/C68H60N2/c1-6-22-53(8-3)50-62(58-39-47-66(48-40-58)70(64-31-14-11-15-32-64)65-45-37-57(38-46-65)56-25-12-10-13-26-56)36-35-52(5)69(49-21-24-54(9-4)51-61-29-17-16-27-55(61)23-7-2)63-43-41-60(42-44-63)68-34-20-30-59-28-18-19-33-67(59)68/h6-21,23,25-51,53-54H,1-5,22,24H2/b36-35-,49-21+,55-23-,61-51+,62-50-. The molecule has 0 spiro atoms. The Morgan fingerprint density at radius 3 is 1.74 bits per heavy atom. The summed E-state index contributed by atoms with van der Waals surface area (Å²) in [5.74, 6) is 0.202. The van der Waals surface area contributed by atoms with Crippen molar-refractivity contribution in [3.63, 3.8) is 0 Å². The first kappa shape index (κ1) is 47.8. The average molecular weight is 905 g/mol. The van der Waals surface area contributed by atoms with Crippen LogP contribution < -0.4 is 20.2 Å².